The zero-order chi connectivity index (χ0) is 18.5. The van der Waals surface area contributed by atoms with Crippen LogP contribution in [0, 0.1) is 23.6 Å². The largest absolute Gasteiger partial charge is 0.439 e. The van der Waals surface area contributed by atoms with Gasteiger partial charge in [0.1, 0.15) is 11.9 Å². The topological polar surface area (TPSA) is 51.2 Å². The molecule has 1 amide bonds. The van der Waals surface area contributed by atoms with Crippen molar-refractivity contribution < 1.29 is 13.9 Å². The molecule has 0 radical (unpaired) electrons. The van der Waals surface area contributed by atoms with Gasteiger partial charge in [-0.15, -0.1) is 0 Å². The molecule has 3 rings (SSSR count). The van der Waals surface area contributed by atoms with E-state index in [4.69, 9.17) is 4.74 Å². The van der Waals surface area contributed by atoms with Gasteiger partial charge in [-0.1, -0.05) is 44.2 Å². The number of nitrogens with zero attached hydrogens (tertiary/aromatic N) is 1. The Morgan fingerprint density at radius 2 is 2.15 bits per heavy atom. The van der Waals surface area contributed by atoms with Gasteiger partial charge in [-0.05, 0) is 35.7 Å². The number of cyclic esters (lactones) is 1. The number of nitrogens with one attached hydrogen (secondary N) is 1. The predicted molar refractivity (Wildman–Crippen MR) is 96.7 cm³/mol. The van der Waals surface area contributed by atoms with Crippen LogP contribution in [0.1, 0.15) is 55.5 Å². The summed E-state index contributed by atoms with van der Waals surface area (Å²) in [5.41, 5.74) is 2.16. The van der Waals surface area contributed by atoms with E-state index < -0.39 is 18.2 Å². The van der Waals surface area contributed by atoms with Crippen LogP contribution in [0.4, 0.5) is 9.18 Å². The summed E-state index contributed by atoms with van der Waals surface area (Å²) < 4.78 is 18.9. The number of hydrogen-bond donors (Lipinski definition) is 1. The summed E-state index contributed by atoms with van der Waals surface area (Å²) in [7, 11) is 0. The van der Waals surface area contributed by atoms with E-state index in [-0.39, 0.29) is 5.82 Å². The van der Waals surface area contributed by atoms with Crippen LogP contribution in [0.3, 0.4) is 0 Å². The molecule has 2 heterocycles. The molecule has 26 heavy (non-hydrogen) atoms. The molecule has 0 spiro atoms. The van der Waals surface area contributed by atoms with Gasteiger partial charge < -0.3 is 10.1 Å². The van der Waals surface area contributed by atoms with E-state index in [1.807, 2.05) is 6.07 Å². The third-order valence-corrected chi connectivity index (χ3v) is 4.29. The first-order valence-electron chi connectivity index (χ1n) is 8.76. The fraction of sp³-hybridized carbons (Fsp3) is 0.333. The Bertz CT molecular complexity index is 856. The van der Waals surface area contributed by atoms with Crippen LogP contribution >= 0.6 is 0 Å². The number of carbonyl (C=O) groups is 1. The molecule has 1 fully saturated rings. The number of carbonyl (C=O) groups excluding carboxylic acids is 1. The molecule has 0 bridgehead atoms. The zero-order valence-electron chi connectivity index (χ0n) is 14.8. The molecule has 1 saturated heterocycles. The van der Waals surface area contributed by atoms with Gasteiger partial charge in [0.05, 0.1) is 0 Å². The number of rotatable bonds is 4. The lowest BCUT2D eigenvalue weighted by atomic mass is 9.96. The zero-order valence-corrected chi connectivity index (χ0v) is 14.8. The predicted octanol–water partition coefficient (Wildman–Crippen LogP) is 4.53. The maximum atomic E-state index is 13.6. The van der Waals surface area contributed by atoms with E-state index in [9.17, 15) is 9.18 Å². The van der Waals surface area contributed by atoms with E-state index in [0.29, 0.717) is 11.5 Å². The van der Waals surface area contributed by atoms with Gasteiger partial charge in [0.25, 0.3) is 0 Å². The lowest BCUT2D eigenvalue weighted by Crippen LogP contribution is -2.19. The van der Waals surface area contributed by atoms with Gasteiger partial charge in [0, 0.05) is 23.9 Å². The van der Waals surface area contributed by atoms with Crippen LogP contribution in [0.25, 0.3) is 0 Å². The SMILES string of the molecule is CCCC(C)C#Cc1cncc([C@H]2NC(=O)O[C@@H]2c2cccc(F)c2)c1. The summed E-state index contributed by atoms with van der Waals surface area (Å²) in [6.07, 6.45) is 4.37. The monoisotopic (exact) mass is 352 g/mol. The van der Waals surface area contributed by atoms with Gasteiger partial charge in [-0.2, -0.15) is 0 Å². The lowest BCUT2D eigenvalue weighted by Gasteiger charge is -2.17. The smallest absolute Gasteiger partial charge is 0.408 e. The van der Waals surface area contributed by atoms with Crippen molar-refractivity contribution in [2.75, 3.05) is 0 Å². The minimum Gasteiger partial charge on any atom is -0.439 e. The number of alkyl carbamates (subject to hydrolysis) is 1. The number of pyridine rings is 1. The third-order valence-electron chi connectivity index (χ3n) is 4.29. The molecule has 0 aliphatic carbocycles. The molecule has 1 aliphatic rings. The molecule has 134 valence electrons. The normalized spacial score (nSPS) is 19.9. The number of amides is 1. The molecule has 1 N–H and O–H groups in total. The molecule has 1 unspecified atom stereocenters. The second-order valence-corrected chi connectivity index (χ2v) is 6.47. The molecule has 4 nitrogen and oxygen atoms in total. The summed E-state index contributed by atoms with van der Waals surface area (Å²) >= 11 is 0. The Kier molecular flexibility index (Phi) is 5.52. The number of aromatic nitrogens is 1. The van der Waals surface area contributed by atoms with Crippen molar-refractivity contribution in [2.24, 2.45) is 5.92 Å². The average Bonchev–Trinajstić information content (AvgIpc) is 3.02. The van der Waals surface area contributed by atoms with Gasteiger partial charge in [-0.3, -0.25) is 4.98 Å². The van der Waals surface area contributed by atoms with Crippen molar-refractivity contribution in [2.45, 2.75) is 38.8 Å². The molecule has 1 aliphatic heterocycles. The van der Waals surface area contributed by atoms with Crippen molar-refractivity contribution >= 4 is 6.09 Å². The summed E-state index contributed by atoms with van der Waals surface area (Å²) in [5.74, 6) is 6.31. The summed E-state index contributed by atoms with van der Waals surface area (Å²) in [6.45, 7) is 4.23. The van der Waals surface area contributed by atoms with E-state index >= 15 is 0 Å². The van der Waals surface area contributed by atoms with Crippen molar-refractivity contribution in [3.8, 4) is 11.8 Å². The molecular formula is C21H21FN2O2. The Labute approximate surface area is 152 Å². The molecule has 1 aromatic heterocycles. The van der Waals surface area contributed by atoms with Crippen molar-refractivity contribution in [3.63, 3.8) is 0 Å². The quantitative estimate of drug-likeness (QED) is 0.823. The molecule has 0 saturated carbocycles. The molecule has 5 heteroatoms. The highest BCUT2D eigenvalue weighted by Gasteiger charge is 2.36. The number of hydrogen-bond acceptors (Lipinski definition) is 3. The van der Waals surface area contributed by atoms with E-state index in [1.54, 1.807) is 24.5 Å². The highest BCUT2D eigenvalue weighted by Crippen LogP contribution is 2.36. The summed E-state index contributed by atoms with van der Waals surface area (Å²) in [4.78, 5) is 16.0. The van der Waals surface area contributed by atoms with Crippen LogP contribution < -0.4 is 5.32 Å². The third kappa shape index (κ3) is 4.20. The van der Waals surface area contributed by atoms with Gasteiger partial charge in [0.15, 0.2) is 6.10 Å². The summed E-state index contributed by atoms with van der Waals surface area (Å²) in [6, 6.07) is 7.53. The Balaban J connectivity index is 1.87. The molecule has 1 aromatic carbocycles. The molecule has 2 aromatic rings. The van der Waals surface area contributed by atoms with Gasteiger partial charge in [0.2, 0.25) is 0 Å². The average molecular weight is 352 g/mol. The standard InChI is InChI=1S/C21H21FN2O2/c1-3-5-14(2)8-9-15-10-17(13-23-12-15)19-20(26-21(25)24-19)16-6-4-7-18(22)11-16/h4,6-7,10-14,19-20H,3,5H2,1-2H3,(H,24,25)/t14?,19-,20-/m1/s1. The van der Waals surface area contributed by atoms with Crippen LogP contribution in [0.2, 0.25) is 0 Å². The number of halogens is 1. The molecule has 3 atom stereocenters. The van der Waals surface area contributed by atoms with Crippen molar-refractivity contribution in [1.29, 1.82) is 0 Å². The Hall–Kier alpha value is -2.87. The minimum atomic E-state index is -0.609. The van der Waals surface area contributed by atoms with Crippen LogP contribution in [0.15, 0.2) is 42.7 Å². The Morgan fingerprint density at radius 3 is 2.92 bits per heavy atom. The minimum absolute atomic E-state index is 0.318. The van der Waals surface area contributed by atoms with E-state index in [1.165, 1.54) is 12.1 Å². The van der Waals surface area contributed by atoms with Crippen LogP contribution in [0.5, 0.6) is 0 Å². The maximum Gasteiger partial charge on any atom is 0.408 e. The number of ether oxygens (including phenoxy) is 1. The second kappa shape index (κ2) is 8.01. The van der Waals surface area contributed by atoms with E-state index in [0.717, 1.165) is 24.0 Å². The number of benzene rings is 1. The fourth-order valence-corrected chi connectivity index (χ4v) is 3.03. The van der Waals surface area contributed by atoms with E-state index in [2.05, 4.69) is 36.0 Å². The van der Waals surface area contributed by atoms with Crippen LogP contribution in [-0.4, -0.2) is 11.1 Å². The van der Waals surface area contributed by atoms with Crippen molar-refractivity contribution in [1.82, 2.24) is 10.3 Å². The van der Waals surface area contributed by atoms with Gasteiger partial charge >= 0.3 is 6.09 Å². The van der Waals surface area contributed by atoms with Crippen LogP contribution in [-0.2, 0) is 4.74 Å². The maximum absolute atomic E-state index is 13.6. The first-order valence-corrected chi connectivity index (χ1v) is 8.76. The molecular weight excluding hydrogens is 331 g/mol. The highest BCUT2D eigenvalue weighted by atomic mass is 19.1. The first-order chi connectivity index (χ1) is 12.6. The Morgan fingerprint density at radius 1 is 1.31 bits per heavy atom. The fourth-order valence-electron chi connectivity index (χ4n) is 3.03. The summed E-state index contributed by atoms with van der Waals surface area (Å²) in [5, 5.41) is 2.78. The highest BCUT2D eigenvalue weighted by molar-refractivity contribution is 5.71. The second-order valence-electron chi connectivity index (χ2n) is 6.47. The van der Waals surface area contributed by atoms with Gasteiger partial charge in [-0.25, -0.2) is 9.18 Å². The lowest BCUT2D eigenvalue weighted by molar-refractivity contribution is 0.132. The van der Waals surface area contributed by atoms with Crippen molar-refractivity contribution in [3.05, 3.63) is 65.2 Å². The first kappa shape index (κ1) is 17.9.